The summed E-state index contributed by atoms with van der Waals surface area (Å²) in [5.41, 5.74) is 2.43. The van der Waals surface area contributed by atoms with E-state index in [-0.39, 0.29) is 23.7 Å². The van der Waals surface area contributed by atoms with Gasteiger partial charge in [-0.15, -0.1) is 0 Å². The van der Waals surface area contributed by atoms with Crippen molar-refractivity contribution in [2.24, 2.45) is 0 Å². The van der Waals surface area contributed by atoms with Gasteiger partial charge in [0.2, 0.25) is 0 Å². The number of hydrogen-bond acceptors (Lipinski definition) is 5. The van der Waals surface area contributed by atoms with Crippen LogP contribution in [0.4, 0.5) is 5.69 Å². The van der Waals surface area contributed by atoms with Gasteiger partial charge >= 0.3 is 0 Å². The molecule has 0 bridgehead atoms. The van der Waals surface area contributed by atoms with E-state index in [1.807, 2.05) is 48.5 Å². The second-order valence-electron chi connectivity index (χ2n) is 6.46. The van der Waals surface area contributed by atoms with E-state index in [0.717, 1.165) is 5.69 Å². The maximum Gasteiger partial charge on any atom is 0.278 e. The monoisotopic (exact) mass is 385 g/mol. The van der Waals surface area contributed by atoms with Crippen LogP contribution < -0.4 is 10.1 Å². The van der Waals surface area contributed by atoms with Crippen molar-refractivity contribution < 1.29 is 14.3 Å². The third-order valence-electron chi connectivity index (χ3n) is 4.63. The van der Waals surface area contributed by atoms with Gasteiger partial charge in [-0.1, -0.05) is 42.5 Å². The average molecular weight is 385 g/mol. The standard InChI is InChI=1S/C23H19N3O3/c1-29-19-13-6-5-12-18(19)20-21(25-16-9-3-2-4-10-16)23(28)26(22(20)27)15-17-11-7-8-14-24-17/h2-14,25H,15H2,1H3. The molecule has 3 aromatic rings. The fourth-order valence-corrected chi connectivity index (χ4v) is 3.26. The molecule has 2 aromatic carbocycles. The maximum atomic E-state index is 13.3. The number of carbonyl (C=O) groups excluding carboxylic acids is 2. The molecule has 2 heterocycles. The van der Waals surface area contributed by atoms with E-state index in [1.54, 1.807) is 30.5 Å². The summed E-state index contributed by atoms with van der Waals surface area (Å²) < 4.78 is 5.44. The molecule has 1 aliphatic rings. The zero-order valence-electron chi connectivity index (χ0n) is 15.8. The molecule has 0 radical (unpaired) electrons. The summed E-state index contributed by atoms with van der Waals surface area (Å²) in [6.45, 7) is 0.0944. The van der Waals surface area contributed by atoms with Gasteiger partial charge in [-0.05, 0) is 30.3 Å². The Morgan fingerprint density at radius 3 is 2.34 bits per heavy atom. The summed E-state index contributed by atoms with van der Waals surface area (Å²) in [5, 5.41) is 3.13. The Kier molecular flexibility index (Phi) is 5.07. The minimum Gasteiger partial charge on any atom is -0.496 e. The molecule has 0 saturated heterocycles. The van der Waals surface area contributed by atoms with Crippen LogP contribution in [0.1, 0.15) is 11.3 Å². The van der Waals surface area contributed by atoms with E-state index in [1.165, 1.54) is 12.0 Å². The van der Waals surface area contributed by atoms with Crippen LogP contribution in [0.2, 0.25) is 0 Å². The van der Waals surface area contributed by atoms with Gasteiger partial charge in [0.15, 0.2) is 0 Å². The van der Waals surface area contributed by atoms with Crippen LogP contribution in [-0.2, 0) is 16.1 Å². The van der Waals surface area contributed by atoms with Crippen molar-refractivity contribution in [3.05, 3.63) is 95.9 Å². The molecule has 29 heavy (non-hydrogen) atoms. The Morgan fingerprint density at radius 1 is 0.897 bits per heavy atom. The first-order chi connectivity index (χ1) is 14.2. The lowest BCUT2D eigenvalue weighted by molar-refractivity contribution is -0.137. The molecule has 1 N–H and O–H groups in total. The fraction of sp³-hybridized carbons (Fsp3) is 0.0870. The number of nitrogens with zero attached hydrogens (tertiary/aromatic N) is 2. The minimum absolute atomic E-state index is 0.0944. The smallest absolute Gasteiger partial charge is 0.278 e. The number of nitrogens with one attached hydrogen (secondary N) is 1. The van der Waals surface area contributed by atoms with Gasteiger partial charge < -0.3 is 10.1 Å². The lowest BCUT2D eigenvalue weighted by atomic mass is 10.0. The Morgan fingerprint density at radius 2 is 1.62 bits per heavy atom. The first-order valence-corrected chi connectivity index (χ1v) is 9.15. The van der Waals surface area contributed by atoms with Crippen LogP contribution in [0.5, 0.6) is 5.75 Å². The number of benzene rings is 2. The van der Waals surface area contributed by atoms with E-state index in [0.29, 0.717) is 17.0 Å². The van der Waals surface area contributed by atoms with Crippen molar-refractivity contribution in [3.63, 3.8) is 0 Å². The number of amides is 2. The number of methoxy groups -OCH3 is 1. The van der Waals surface area contributed by atoms with Crippen molar-refractivity contribution >= 4 is 23.1 Å². The Balaban J connectivity index is 1.78. The summed E-state index contributed by atoms with van der Waals surface area (Å²) in [6.07, 6.45) is 1.64. The number of rotatable bonds is 6. The third-order valence-corrected chi connectivity index (χ3v) is 4.63. The van der Waals surface area contributed by atoms with Gasteiger partial charge in [-0.2, -0.15) is 0 Å². The highest BCUT2D eigenvalue weighted by Crippen LogP contribution is 2.35. The molecule has 1 aromatic heterocycles. The number of imide groups is 1. The molecular formula is C23H19N3O3. The van der Waals surface area contributed by atoms with Crippen molar-refractivity contribution in [3.8, 4) is 5.75 Å². The van der Waals surface area contributed by atoms with Gasteiger partial charge in [0.1, 0.15) is 11.4 Å². The first-order valence-electron chi connectivity index (χ1n) is 9.15. The molecule has 0 atom stereocenters. The molecule has 0 saturated carbocycles. The summed E-state index contributed by atoms with van der Waals surface area (Å²) >= 11 is 0. The molecule has 0 spiro atoms. The second kappa shape index (κ2) is 7.98. The van der Waals surface area contributed by atoms with Crippen molar-refractivity contribution in [2.45, 2.75) is 6.54 Å². The molecule has 1 aliphatic heterocycles. The summed E-state index contributed by atoms with van der Waals surface area (Å²) in [7, 11) is 1.54. The third kappa shape index (κ3) is 3.60. The summed E-state index contributed by atoms with van der Waals surface area (Å²) in [5.74, 6) is -0.260. The largest absolute Gasteiger partial charge is 0.496 e. The summed E-state index contributed by atoms with van der Waals surface area (Å²) in [6, 6.07) is 21.8. The van der Waals surface area contributed by atoms with Crippen molar-refractivity contribution in [1.29, 1.82) is 0 Å². The van der Waals surface area contributed by atoms with Crippen LogP contribution in [-0.4, -0.2) is 28.8 Å². The zero-order chi connectivity index (χ0) is 20.2. The molecule has 2 amide bonds. The lowest BCUT2D eigenvalue weighted by Crippen LogP contribution is -2.32. The number of para-hydroxylation sites is 2. The highest BCUT2D eigenvalue weighted by Gasteiger charge is 2.40. The van der Waals surface area contributed by atoms with Gasteiger partial charge in [0.25, 0.3) is 11.8 Å². The average Bonchev–Trinajstić information content (AvgIpc) is 2.99. The van der Waals surface area contributed by atoms with E-state index in [2.05, 4.69) is 10.3 Å². The normalized spacial score (nSPS) is 13.8. The van der Waals surface area contributed by atoms with Crippen LogP contribution in [0.25, 0.3) is 5.57 Å². The molecule has 144 valence electrons. The molecule has 6 heteroatoms. The Bertz CT molecular complexity index is 1080. The number of carbonyl (C=O) groups is 2. The summed E-state index contributed by atoms with van der Waals surface area (Å²) in [4.78, 5) is 32.0. The molecule has 0 fully saturated rings. The number of anilines is 1. The Labute approximate surface area is 168 Å². The second-order valence-corrected chi connectivity index (χ2v) is 6.46. The van der Waals surface area contributed by atoms with Crippen LogP contribution >= 0.6 is 0 Å². The molecule has 4 rings (SSSR count). The fourth-order valence-electron chi connectivity index (χ4n) is 3.26. The number of pyridine rings is 1. The highest BCUT2D eigenvalue weighted by molar-refractivity contribution is 6.36. The topological polar surface area (TPSA) is 71.5 Å². The molecule has 6 nitrogen and oxygen atoms in total. The minimum atomic E-state index is -0.398. The SMILES string of the molecule is COc1ccccc1C1=C(Nc2ccccc2)C(=O)N(Cc2ccccn2)C1=O. The molecule has 0 unspecified atom stereocenters. The predicted molar refractivity (Wildman–Crippen MR) is 110 cm³/mol. The number of aromatic nitrogens is 1. The van der Waals surface area contributed by atoms with Crippen LogP contribution in [0.15, 0.2) is 84.7 Å². The van der Waals surface area contributed by atoms with Gasteiger partial charge in [-0.3, -0.25) is 19.5 Å². The first kappa shape index (κ1) is 18.4. The predicted octanol–water partition coefficient (Wildman–Crippen LogP) is 3.48. The van der Waals surface area contributed by atoms with Crippen LogP contribution in [0, 0.1) is 0 Å². The van der Waals surface area contributed by atoms with E-state index < -0.39 is 5.91 Å². The maximum absolute atomic E-state index is 13.3. The van der Waals surface area contributed by atoms with Gasteiger partial charge in [0, 0.05) is 17.4 Å². The van der Waals surface area contributed by atoms with E-state index in [9.17, 15) is 9.59 Å². The number of hydrogen-bond donors (Lipinski definition) is 1. The number of ether oxygens (including phenoxy) is 1. The van der Waals surface area contributed by atoms with Crippen molar-refractivity contribution in [1.82, 2.24) is 9.88 Å². The van der Waals surface area contributed by atoms with E-state index >= 15 is 0 Å². The molecule has 0 aliphatic carbocycles. The van der Waals surface area contributed by atoms with E-state index in [4.69, 9.17) is 4.74 Å². The molecular weight excluding hydrogens is 366 g/mol. The van der Waals surface area contributed by atoms with Crippen LogP contribution in [0.3, 0.4) is 0 Å². The zero-order valence-corrected chi connectivity index (χ0v) is 15.8. The Hall–Kier alpha value is -3.93. The van der Waals surface area contributed by atoms with Gasteiger partial charge in [0.05, 0.1) is 24.9 Å². The van der Waals surface area contributed by atoms with Crippen molar-refractivity contribution in [2.75, 3.05) is 12.4 Å². The lowest BCUT2D eigenvalue weighted by Gasteiger charge is -2.15. The van der Waals surface area contributed by atoms with Gasteiger partial charge in [-0.25, -0.2) is 0 Å². The highest BCUT2D eigenvalue weighted by atomic mass is 16.5. The quantitative estimate of drug-likeness (QED) is 0.658.